The largest absolute Gasteiger partial charge is 0.497 e. The van der Waals surface area contributed by atoms with Crippen LogP contribution in [0.25, 0.3) is 11.0 Å². The van der Waals surface area contributed by atoms with Crippen LogP contribution in [0.2, 0.25) is 0 Å². The zero-order valence-electron chi connectivity index (χ0n) is 16.1. The smallest absolute Gasteiger partial charge is 0.244 e. The molecule has 0 spiro atoms. The highest BCUT2D eigenvalue weighted by atomic mass is 16.5. The Morgan fingerprint density at radius 2 is 2.00 bits per heavy atom. The number of carbonyl (C=O) groups is 1. The molecule has 1 atom stereocenters. The van der Waals surface area contributed by atoms with Crippen LogP contribution in [0.15, 0.2) is 42.5 Å². The zero-order valence-corrected chi connectivity index (χ0v) is 16.1. The topological polar surface area (TPSA) is 97.6 Å². The fraction of sp³-hybridized carbons (Fsp3) is 0.300. The fourth-order valence-corrected chi connectivity index (χ4v) is 2.84. The average molecular weight is 384 g/mol. The lowest BCUT2D eigenvalue weighted by Crippen LogP contribution is -2.22. The number of imidazole rings is 1. The summed E-state index contributed by atoms with van der Waals surface area (Å²) in [5.41, 5.74) is 2.15. The van der Waals surface area contributed by atoms with Crippen molar-refractivity contribution in [1.82, 2.24) is 9.55 Å². The number of anilines is 2. The fourth-order valence-electron chi connectivity index (χ4n) is 2.84. The Bertz CT molecular complexity index is 968. The minimum Gasteiger partial charge on any atom is -0.497 e. The molecule has 0 saturated heterocycles. The molecule has 8 nitrogen and oxygen atoms in total. The molecule has 1 aromatic heterocycles. The zero-order chi connectivity index (χ0) is 20.1. The van der Waals surface area contributed by atoms with Gasteiger partial charge in [-0.15, -0.1) is 0 Å². The van der Waals surface area contributed by atoms with Crippen LogP contribution in [0.4, 0.5) is 11.6 Å². The van der Waals surface area contributed by atoms with Gasteiger partial charge in [-0.25, -0.2) is 4.98 Å². The van der Waals surface area contributed by atoms with Crippen molar-refractivity contribution < 1.29 is 19.4 Å². The number of methoxy groups -OCH3 is 2. The molecule has 0 aliphatic rings. The second-order valence-corrected chi connectivity index (χ2v) is 6.35. The summed E-state index contributed by atoms with van der Waals surface area (Å²) in [6.07, 6.45) is -0.536. The molecule has 0 aliphatic carbocycles. The number of hydrogen-bond acceptors (Lipinski definition) is 6. The second-order valence-electron chi connectivity index (χ2n) is 6.35. The number of fused-ring (bicyclic) bond motifs is 1. The lowest BCUT2D eigenvalue weighted by Gasteiger charge is -2.14. The first-order valence-electron chi connectivity index (χ1n) is 8.91. The van der Waals surface area contributed by atoms with Crippen LogP contribution < -0.4 is 20.1 Å². The first-order valence-corrected chi connectivity index (χ1v) is 8.91. The second kappa shape index (κ2) is 8.62. The lowest BCUT2D eigenvalue weighted by atomic mass is 10.2. The Morgan fingerprint density at radius 1 is 1.21 bits per heavy atom. The van der Waals surface area contributed by atoms with Crippen molar-refractivity contribution in [3.63, 3.8) is 0 Å². The Balaban J connectivity index is 1.83. The molecule has 8 heteroatoms. The van der Waals surface area contributed by atoms with E-state index < -0.39 is 6.10 Å². The Hall–Kier alpha value is -3.26. The standard InChI is InChI=1S/C20H24N4O4/c1-13(25)11-21-20-23-15-6-4-5-7-17(15)24(20)12-19(26)22-16-9-8-14(27-2)10-18(16)28-3/h4-10,13,25H,11-12H2,1-3H3,(H,21,23)(H,22,26). The number of nitrogens with zero attached hydrogens (tertiary/aromatic N) is 2. The molecule has 1 heterocycles. The van der Waals surface area contributed by atoms with Gasteiger partial charge in [-0.05, 0) is 31.2 Å². The van der Waals surface area contributed by atoms with E-state index in [9.17, 15) is 9.90 Å². The predicted molar refractivity (Wildman–Crippen MR) is 108 cm³/mol. The van der Waals surface area contributed by atoms with E-state index in [-0.39, 0.29) is 12.5 Å². The molecule has 3 N–H and O–H groups in total. The molecule has 0 bridgehead atoms. The highest BCUT2D eigenvalue weighted by molar-refractivity contribution is 5.93. The number of aliphatic hydroxyl groups excluding tert-OH is 1. The van der Waals surface area contributed by atoms with Crippen molar-refractivity contribution in [2.75, 3.05) is 31.4 Å². The predicted octanol–water partition coefficient (Wildman–Crippen LogP) is 2.48. The summed E-state index contributed by atoms with van der Waals surface area (Å²) in [4.78, 5) is 17.2. The maximum atomic E-state index is 12.7. The number of benzene rings is 2. The van der Waals surface area contributed by atoms with Gasteiger partial charge in [0.25, 0.3) is 0 Å². The molecule has 0 fully saturated rings. The van der Waals surface area contributed by atoms with Gasteiger partial charge in [0.1, 0.15) is 18.0 Å². The van der Waals surface area contributed by atoms with E-state index >= 15 is 0 Å². The van der Waals surface area contributed by atoms with Crippen molar-refractivity contribution in [2.24, 2.45) is 0 Å². The summed E-state index contributed by atoms with van der Waals surface area (Å²) >= 11 is 0. The number of hydrogen-bond donors (Lipinski definition) is 3. The maximum Gasteiger partial charge on any atom is 0.244 e. The van der Waals surface area contributed by atoms with E-state index in [1.54, 1.807) is 36.8 Å². The molecule has 0 radical (unpaired) electrons. The number of nitrogens with one attached hydrogen (secondary N) is 2. The summed E-state index contributed by atoms with van der Waals surface area (Å²) in [5.74, 6) is 1.45. The summed E-state index contributed by atoms with van der Waals surface area (Å²) in [6, 6.07) is 12.7. The van der Waals surface area contributed by atoms with Gasteiger partial charge < -0.3 is 29.8 Å². The molecule has 2 aromatic carbocycles. The van der Waals surface area contributed by atoms with Gasteiger partial charge in [0.2, 0.25) is 11.9 Å². The SMILES string of the molecule is COc1ccc(NC(=O)Cn2c(NCC(C)O)nc3ccccc32)c(OC)c1. The number of rotatable bonds is 8. The molecule has 3 rings (SSSR count). The number of aromatic nitrogens is 2. The molecule has 0 saturated carbocycles. The van der Waals surface area contributed by atoms with Crippen molar-refractivity contribution in [3.05, 3.63) is 42.5 Å². The van der Waals surface area contributed by atoms with E-state index in [1.165, 1.54) is 7.11 Å². The molecule has 1 unspecified atom stereocenters. The Labute approximate surface area is 163 Å². The van der Waals surface area contributed by atoms with Crippen LogP contribution in [0, 0.1) is 0 Å². The number of ether oxygens (including phenoxy) is 2. The minimum atomic E-state index is -0.536. The quantitative estimate of drug-likeness (QED) is 0.552. The third-order valence-electron chi connectivity index (χ3n) is 4.19. The van der Waals surface area contributed by atoms with Crippen LogP contribution in [0.5, 0.6) is 11.5 Å². The minimum absolute atomic E-state index is 0.0534. The van der Waals surface area contributed by atoms with Gasteiger partial charge in [-0.1, -0.05) is 12.1 Å². The maximum absolute atomic E-state index is 12.7. The van der Waals surface area contributed by atoms with Gasteiger partial charge in [-0.3, -0.25) is 4.79 Å². The third-order valence-corrected chi connectivity index (χ3v) is 4.19. The van der Waals surface area contributed by atoms with E-state index in [2.05, 4.69) is 15.6 Å². The van der Waals surface area contributed by atoms with Crippen molar-refractivity contribution in [1.29, 1.82) is 0 Å². The summed E-state index contributed by atoms with van der Waals surface area (Å²) in [6.45, 7) is 2.07. The van der Waals surface area contributed by atoms with Crippen molar-refractivity contribution in [2.45, 2.75) is 19.6 Å². The monoisotopic (exact) mass is 384 g/mol. The highest BCUT2D eigenvalue weighted by Gasteiger charge is 2.15. The van der Waals surface area contributed by atoms with Crippen LogP contribution in [-0.4, -0.2) is 47.4 Å². The van der Waals surface area contributed by atoms with E-state index in [4.69, 9.17) is 9.47 Å². The molecule has 1 amide bonds. The van der Waals surface area contributed by atoms with Crippen molar-refractivity contribution in [3.8, 4) is 11.5 Å². The van der Waals surface area contributed by atoms with Crippen LogP contribution in [0.1, 0.15) is 6.92 Å². The summed E-state index contributed by atoms with van der Waals surface area (Å²) < 4.78 is 12.3. The van der Waals surface area contributed by atoms with Crippen LogP contribution >= 0.6 is 0 Å². The van der Waals surface area contributed by atoms with Gasteiger partial charge in [0.15, 0.2) is 0 Å². The first kappa shape index (κ1) is 19.5. The highest BCUT2D eigenvalue weighted by Crippen LogP contribution is 2.29. The van der Waals surface area contributed by atoms with Gasteiger partial charge in [-0.2, -0.15) is 0 Å². The average Bonchev–Trinajstić information content (AvgIpc) is 3.04. The third kappa shape index (κ3) is 4.34. The lowest BCUT2D eigenvalue weighted by molar-refractivity contribution is -0.116. The molecular formula is C20H24N4O4. The molecular weight excluding hydrogens is 360 g/mol. The van der Waals surface area contributed by atoms with E-state index in [0.717, 1.165) is 11.0 Å². The Kier molecular flexibility index (Phi) is 6.00. The van der Waals surface area contributed by atoms with Crippen LogP contribution in [-0.2, 0) is 11.3 Å². The molecule has 28 heavy (non-hydrogen) atoms. The summed E-state index contributed by atoms with van der Waals surface area (Å²) in [5, 5.41) is 15.5. The number of aliphatic hydroxyl groups is 1. The first-order chi connectivity index (χ1) is 13.5. The summed E-state index contributed by atoms with van der Waals surface area (Å²) in [7, 11) is 3.10. The molecule has 3 aromatic rings. The van der Waals surface area contributed by atoms with E-state index in [0.29, 0.717) is 29.7 Å². The number of para-hydroxylation sites is 2. The molecule has 0 aliphatic heterocycles. The number of amides is 1. The van der Waals surface area contributed by atoms with Gasteiger partial charge >= 0.3 is 0 Å². The van der Waals surface area contributed by atoms with Crippen molar-refractivity contribution >= 4 is 28.6 Å². The van der Waals surface area contributed by atoms with Gasteiger partial charge in [0, 0.05) is 12.6 Å². The van der Waals surface area contributed by atoms with Gasteiger partial charge in [0.05, 0.1) is 37.0 Å². The van der Waals surface area contributed by atoms with E-state index in [1.807, 2.05) is 24.3 Å². The van der Waals surface area contributed by atoms with Crippen LogP contribution in [0.3, 0.4) is 0 Å². The normalized spacial score (nSPS) is 11.9. The Morgan fingerprint density at radius 3 is 2.71 bits per heavy atom. The number of carbonyl (C=O) groups excluding carboxylic acids is 1. The molecule has 148 valence electrons.